The van der Waals surface area contributed by atoms with E-state index in [0.717, 1.165) is 17.2 Å². The van der Waals surface area contributed by atoms with Crippen LogP contribution in [0.4, 0.5) is 29.3 Å². The minimum atomic E-state index is -4.52. The van der Waals surface area contributed by atoms with E-state index < -0.39 is 17.8 Å². The van der Waals surface area contributed by atoms with E-state index in [4.69, 9.17) is 0 Å². The number of alkyl halides is 3. The lowest BCUT2D eigenvalue weighted by Gasteiger charge is -2.15. The molecule has 22 heavy (non-hydrogen) atoms. The third-order valence-corrected chi connectivity index (χ3v) is 3.33. The molecule has 0 saturated heterocycles. The third kappa shape index (κ3) is 3.58. The molecule has 2 N–H and O–H groups in total. The molecule has 0 aliphatic heterocycles. The number of carbonyl (C=O) groups excluding carboxylic acids is 1. The average molecular weight is 308 g/mol. The van der Waals surface area contributed by atoms with E-state index in [1.54, 1.807) is 12.1 Å². The Kier molecular flexibility index (Phi) is 4.40. The van der Waals surface area contributed by atoms with Crippen LogP contribution < -0.4 is 10.6 Å². The van der Waals surface area contributed by atoms with Crippen LogP contribution in [0.3, 0.4) is 0 Å². The molecule has 0 aromatic heterocycles. The fraction of sp³-hybridized carbons (Fsp3) is 0.188. The Morgan fingerprint density at radius 1 is 0.909 bits per heavy atom. The maximum atomic E-state index is 12.9. The summed E-state index contributed by atoms with van der Waals surface area (Å²) in [5, 5.41) is 4.80. The van der Waals surface area contributed by atoms with Gasteiger partial charge in [0.1, 0.15) is 0 Å². The molecule has 0 unspecified atom stereocenters. The van der Waals surface area contributed by atoms with E-state index in [1.165, 1.54) is 18.2 Å². The molecule has 0 atom stereocenters. The van der Waals surface area contributed by atoms with Crippen molar-refractivity contribution in [3.8, 4) is 0 Å². The van der Waals surface area contributed by atoms with E-state index in [0.29, 0.717) is 5.69 Å². The summed E-state index contributed by atoms with van der Waals surface area (Å²) in [6.07, 6.45) is -4.52. The molecule has 0 fully saturated rings. The normalized spacial score (nSPS) is 11.1. The predicted molar refractivity (Wildman–Crippen MR) is 80.0 cm³/mol. The quantitative estimate of drug-likeness (QED) is 0.808. The molecule has 2 amide bonds. The van der Waals surface area contributed by atoms with Crippen molar-refractivity contribution in [1.82, 2.24) is 0 Å². The lowest BCUT2D eigenvalue weighted by molar-refractivity contribution is -0.136. The Bertz CT molecular complexity index is 696. The van der Waals surface area contributed by atoms with Crippen LogP contribution >= 0.6 is 0 Å². The maximum Gasteiger partial charge on any atom is 0.418 e. The standard InChI is InChI=1S/C16H15F3N2O/c1-10-6-5-9-13(11(10)2)20-15(22)21-14-8-4-3-7-12(14)16(17,18)19/h3-9H,1-2H3,(H2,20,21,22). The highest BCUT2D eigenvalue weighted by Crippen LogP contribution is 2.34. The Hall–Kier alpha value is -2.50. The number of anilines is 2. The molecule has 2 rings (SSSR count). The van der Waals surface area contributed by atoms with Gasteiger partial charge in [-0.05, 0) is 43.2 Å². The molecule has 0 aliphatic carbocycles. The molecule has 116 valence electrons. The van der Waals surface area contributed by atoms with Gasteiger partial charge in [0.2, 0.25) is 0 Å². The first kappa shape index (κ1) is 15.9. The van der Waals surface area contributed by atoms with Crippen molar-refractivity contribution >= 4 is 17.4 Å². The van der Waals surface area contributed by atoms with Crippen molar-refractivity contribution in [3.63, 3.8) is 0 Å². The average Bonchev–Trinajstić information content (AvgIpc) is 2.43. The second-order valence-electron chi connectivity index (χ2n) is 4.87. The molecule has 0 bridgehead atoms. The van der Waals surface area contributed by atoms with E-state index >= 15 is 0 Å². The summed E-state index contributed by atoms with van der Waals surface area (Å²) in [5.74, 6) is 0. The molecular formula is C16H15F3N2O. The Morgan fingerprint density at radius 2 is 1.50 bits per heavy atom. The highest BCUT2D eigenvalue weighted by Gasteiger charge is 2.33. The predicted octanol–water partition coefficient (Wildman–Crippen LogP) is 4.97. The summed E-state index contributed by atoms with van der Waals surface area (Å²) >= 11 is 0. The highest BCUT2D eigenvalue weighted by atomic mass is 19.4. The lowest BCUT2D eigenvalue weighted by atomic mass is 10.1. The zero-order chi connectivity index (χ0) is 16.3. The molecular weight excluding hydrogens is 293 g/mol. The second kappa shape index (κ2) is 6.09. The van der Waals surface area contributed by atoms with Crippen LogP contribution in [0.5, 0.6) is 0 Å². The van der Waals surface area contributed by atoms with Crippen molar-refractivity contribution < 1.29 is 18.0 Å². The van der Waals surface area contributed by atoms with Crippen LogP contribution in [-0.4, -0.2) is 6.03 Å². The van der Waals surface area contributed by atoms with Gasteiger partial charge in [0.05, 0.1) is 11.3 Å². The Balaban J connectivity index is 2.18. The van der Waals surface area contributed by atoms with E-state index in [1.807, 2.05) is 19.9 Å². The molecule has 2 aromatic carbocycles. The summed E-state index contributed by atoms with van der Waals surface area (Å²) in [6, 6.07) is 9.47. The number of nitrogens with one attached hydrogen (secondary N) is 2. The molecule has 0 spiro atoms. The van der Waals surface area contributed by atoms with Gasteiger partial charge in [0.15, 0.2) is 0 Å². The number of hydrogen-bond donors (Lipinski definition) is 2. The van der Waals surface area contributed by atoms with Gasteiger partial charge in [0, 0.05) is 5.69 Å². The van der Waals surface area contributed by atoms with Crippen LogP contribution in [0.25, 0.3) is 0 Å². The second-order valence-corrected chi connectivity index (χ2v) is 4.87. The van der Waals surface area contributed by atoms with Crippen LogP contribution in [0.1, 0.15) is 16.7 Å². The monoisotopic (exact) mass is 308 g/mol. The SMILES string of the molecule is Cc1cccc(NC(=O)Nc2ccccc2C(F)(F)F)c1C. The Labute approximate surface area is 126 Å². The maximum absolute atomic E-state index is 12.9. The van der Waals surface area contributed by atoms with Crippen LogP contribution in [-0.2, 0) is 6.18 Å². The van der Waals surface area contributed by atoms with Gasteiger partial charge in [-0.25, -0.2) is 4.79 Å². The van der Waals surface area contributed by atoms with Crippen molar-refractivity contribution in [2.24, 2.45) is 0 Å². The summed E-state index contributed by atoms with van der Waals surface area (Å²) in [5.41, 5.74) is 1.24. The largest absolute Gasteiger partial charge is 0.418 e. The summed E-state index contributed by atoms with van der Waals surface area (Å²) in [7, 11) is 0. The van der Waals surface area contributed by atoms with Crippen molar-refractivity contribution in [2.75, 3.05) is 10.6 Å². The number of urea groups is 1. The van der Waals surface area contributed by atoms with E-state index in [9.17, 15) is 18.0 Å². The van der Waals surface area contributed by atoms with Crippen molar-refractivity contribution in [3.05, 3.63) is 59.2 Å². The van der Waals surface area contributed by atoms with Gasteiger partial charge in [-0.3, -0.25) is 0 Å². The fourth-order valence-electron chi connectivity index (χ4n) is 2.00. The van der Waals surface area contributed by atoms with Crippen molar-refractivity contribution in [2.45, 2.75) is 20.0 Å². The smallest absolute Gasteiger partial charge is 0.307 e. The van der Waals surface area contributed by atoms with E-state index in [2.05, 4.69) is 10.6 Å². The van der Waals surface area contributed by atoms with Gasteiger partial charge in [-0.15, -0.1) is 0 Å². The first-order valence-corrected chi connectivity index (χ1v) is 6.59. The summed E-state index contributed by atoms with van der Waals surface area (Å²) in [4.78, 5) is 11.9. The summed E-state index contributed by atoms with van der Waals surface area (Å²) in [6.45, 7) is 3.71. The zero-order valence-corrected chi connectivity index (χ0v) is 12.1. The molecule has 0 heterocycles. The third-order valence-electron chi connectivity index (χ3n) is 3.33. The molecule has 3 nitrogen and oxygen atoms in total. The first-order valence-electron chi connectivity index (χ1n) is 6.59. The number of hydrogen-bond acceptors (Lipinski definition) is 1. The molecule has 2 aromatic rings. The first-order chi connectivity index (χ1) is 10.3. The van der Waals surface area contributed by atoms with Gasteiger partial charge < -0.3 is 10.6 Å². The minimum absolute atomic E-state index is 0.280. The van der Waals surface area contributed by atoms with Gasteiger partial charge >= 0.3 is 12.2 Å². The highest BCUT2D eigenvalue weighted by molar-refractivity contribution is 6.00. The van der Waals surface area contributed by atoms with Gasteiger partial charge in [0.25, 0.3) is 0 Å². The molecule has 6 heteroatoms. The Morgan fingerprint density at radius 3 is 2.18 bits per heavy atom. The molecule has 0 saturated carbocycles. The lowest BCUT2D eigenvalue weighted by Crippen LogP contribution is -2.22. The zero-order valence-electron chi connectivity index (χ0n) is 12.1. The number of amides is 2. The number of aryl methyl sites for hydroxylation is 1. The summed E-state index contributed by atoms with van der Waals surface area (Å²) < 4.78 is 38.6. The van der Waals surface area contributed by atoms with Gasteiger partial charge in [-0.1, -0.05) is 24.3 Å². The molecule has 0 aliphatic rings. The molecule has 0 radical (unpaired) electrons. The van der Waals surface area contributed by atoms with Crippen LogP contribution in [0, 0.1) is 13.8 Å². The van der Waals surface area contributed by atoms with Crippen LogP contribution in [0.2, 0.25) is 0 Å². The van der Waals surface area contributed by atoms with Crippen molar-refractivity contribution in [1.29, 1.82) is 0 Å². The van der Waals surface area contributed by atoms with Crippen LogP contribution in [0.15, 0.2) is 42.5 Å². The minimum Gasteiger partial charge on any atom is -0.307 e. The fourth-order valence-corrected chi connectivity index (χ4v) is 2.00. The topological polar surface area (TPSA) is 41.1 Å². The number of carbonyl (C=O) groups is 1. The van der Waals surface area contributed by atoms with E-state index in [-0.39, 0.29) is 5.69 Å². The van der Waals surface area contributed by atoms with Gasteiger partial charge in [-0.2, -0.15) is 13.2 Å². The number of rotatable bonds is 2. The number of para-hydroxylation sites is 1. The number of benzene rings is 2. The number of halogens is 3.